The molecule has 0 aromatic carbocycles. The van der Waals surface area contributed by atoms with Crippen LogP contribution in [0.3, 0.4) is 0 Å². The van der Waals surface area contributed by atoms with E-state index < -0.39 is 5.60 Å². The fourth-order valence-electron chi connectivity index (χ4n) is 2.33. The lowest BCUT2D eigenvalue weighted by molar-refractivity contribution is 0.0118. The molecule has 7 heteroatoms. The van der Waals surface area contributed by atoms with Crippen LogP contribution >= 0.6 is 11.3 Å². The number of nitrogens with zero attached hydrogens (tertiary/aromatic N) is 3. The third-order valence-corrected chi connectivity index (χ3v) is 4.28. The number of carbonyl (C=O) groups is 1. The van der Waals surface area contributed by atoms with Crippen LogP contribution in [-0.2, 0) is 11.3 Å². The maximum absolute atomic E-state index is 12.4. The molecule has 0 bridgehead atoms. The minimum absolute atomic E-state index is 0.0514. The molecule has 1 aliphatic heterocycles. The molecule has 1 aromatic rings. The second-order valence-corrected chi connectivity index (χ2v) is 7.94. The molecule has 1 N–H and O–H groups in total. The molecule has 1 aromatic heterocycles. The zero-order valence-corrected chi connectivity index (χ0v) is 14.9. The smallest absolute Gasteiger partial charge is 0.410 e. The minimum atomic E-state index is -0.481. The molecule has 1 unspecified atom stereocenters. The number of nitrogens with one attached hydrogen (secondary N) is 1. The van der Waals surface area contributed by atoms with Crippen LogP contribution < -0.4 is 5.32 Å². The SMILES string of the molecule is CN(C)Cc1cnc(C2CNCCN2C(=O)OC(C)(C)C)s1. The van der Waals surface area contributed by atoms with Gasteiger partial charge in [0.1, 0.15) is 10.6 Å². The highest BCUT2D eigenvalue weighted by atomic mass is 32.1. The summed E-state index contributed by atoms with van der Waals surface area (Å²) in [5.74, 6) is 0. The number of thiazole rings is 1. The summed E-state index contributed by atoms with van der Waals surface area (Å²) in [4.78, 5) is 22.1. The van der Waals surface area contributed by atoms with E-state index in [-0.39, 0.29) is 12.1 Å². The molecule has 6 nitrogen and oxygen atoms in total. The predicted octanol–water partition coefficient (Wildman–Crippen LogP) is 2.09. The summed E-state index contributed by atoms with van der Waals surface area (Å²) in [6.07, 6.45) is 1.64. The summed E-state index contributed by atoms with van der Waals surface area (Å²) >= 11 is 1.66. The van der Waals surface area contributed by atoms with Gasteiger partial charge >= 0.3 is 6.09 Å². The van der Waals surface area contributed by atoms with E-state index in [1.54, 1.807) is 16.2 Å². The lowest BCUT2D eigenvalue weighted by Gasteiger charge is -2.36. The van der Waals surface area contributed by atoms with Gasteiger partial charge in [-0.15, -0.1) is 11.3 Å². The van der Waals surface area contributed by atoms with E-state index in [0.717, 1.165) is 18.1 Å². The van der Waals surface area contributed by atoms with Crippen LogP contribution in [0.1, 0.15) is 36.7 Å². The molecule has 1 fully saturated rings. The van der Waals surface area contributed by atoms with E-state index in [9.17, 15) is 4.79 Å². The van der Waals surface area contributed by atoms with E-state index >= 15 is 0 Å². The molecule has 0 radical (unpaired) electrons. The van der Waals surface area contributed by atoms with Crippen LogP contribution in [0.15, 0.2) is 6.20 Å². The van der Waals surface area contributed by atoms with Crippen molar-refractivity contribution in [2.75, 3.05) is 33.7 Å². The molecular formula is C15H26N4O2S. The zero-order chi connectivity index (χ0) is 16.3. The van der Waals surface area contributed by atoms with Crippen molar-refractivity contribution in [3.63, 3.8) is 0 Å². The van der Waals surface area contributed by atoms with Gasteiger partial charge in [-0.2, -0.15) is 0 Å². The average Bonchev–Trinajstić information content (AvgIpc) is 2.84. The molecule has 1 amide bonds. The van der Waals surface area contributed by atoms with Crippen LogP contribution in [-0.4, -0.2) is 60.2 Å². The van der Waals surface area contributed by atoms with Crippen molar-refractivity contribution < 1.29 is 9.53 Å². The normalized spacial score (nSPS) is 19.5. The summed E-state index contributed by atoms with van der Waals surface area (Å²) in [7, 11) is 4.07. The molecule has 1 aliphatic rings. The maximum Gasteiger partial charge on any atom is 0.410 e. The first-order chi connectivity index (χ1) is 10.3. The lowest BCUT2D eigenvalue weighted by atomic mass is 10.2. The number of hydrogen-bond donors (Lipinski definition) is 1. The average molecular weight is 326 g/mol. The highest BCUT2D eigenvalue weighted by Gasteiger charge is 2.33. The quantitative estimate of drug-likeness (QED) is 0.922. The number of ether oxygens (including phenoxy) is 1. The number of aromatic nitrogens is 1. The number of rotatable bonds is 3. The topological polar surface area (TPSA) is 57.7 Å². The number of piperazine rings is 1. The number of carbonyl (C=O) groups excluding carboxylic acids is 1. The third kappa shape index (κ3) is 4.66. The van der Waals surface area contributed by atoms with E-state index in [0.29, 0.717) is 13.1 Å². The number of amides is 1. The van der Waals surface area contributed by atoms with Crippen LogP contribution in [0.25, 0.3) is 0 Å². The lowest BCUT2D eigenvalue weighted by Crippen LogP contribution is -2.50. The monoisotopic (exact) mass is 326 g/mol. The molecule has 1 atom stereocenters. The van der Waals surface area contributed by atoms with Gasteiger partial charge in [0.05, 0.1) is 6.04 Å². The van der Waals surface area contributed by atoms with Gasteiger partial charge in [0.15, 0.2) is 0 Å². The Labute approximate surface area is 136 Å². The van der Waals surface area contributed by atoms with Crippen molar-refractivity contribution >= 4 is 17.4 Å². The van der Waals surface area contributed by atoms with Crippen molar-refractivity contribution in [1.82, 2.24) is 20.1 Å². The van der Waals surface area contributed by atoms with Crippen molar-refractivity contribution in [3.05, 3.63) is 16.1 Å². The van der Waals surface area contributed by atoms with Crippen molar-refractivity contribution in [3.8, 4) is 0 Å². The van der Waals surface area contributed by atoms with Crippen LogP contribution in [0.5, 0.6) is 0 Å². The Morgan fingerprint density at radius 2 is 2.27 bits per heavy atom. The molecular weight excluding hydrogens is 300 g/mol. The predicted molar refractivity (Wildman–Crippen MR) is 88.1 cm³/mol. The van der Waals surface area contributed by atoms with Gasteiger partial charge in [0.25, 0.3) is 0 Å². The first kappa shape index (κ1) is 17.2. The Morgan fingerprint density at radius 1 is 1.55 bits per heavy atom. The summed E-state index contributed by atoms with van der Waals surface area (Å²) in [5.41, 5.74) is -0.481. The van der Waals surface area contributed by atoms with Gasteiger partial charge in [-0.25, -0.2) is 9.78 Å². The Balaban J connectivity index is 2.12. The van der Waals surface area contributed by atoms with Crippen molar-refractivity contribution in [2.24, 2.45) is 0 Å². The van der Waals surface area contributed by atoms with Gasteiger partial charge in [0.2, 0.25) is 0 Å². The molecule has 0 spiro atoms. The first-order valence-electron chi connectivity index (χ1n) is 7.56. The van der Waals surface area contributed by atoms with E-state index in [1.807, 2.05) is 41.1 Å². The van der Waals surface area contributed by atoms with E-state index in [2.05, 4.69) is 15.2 Å². The van der Waals surface area contributed by atoms with E-state index in [4.69, 9.17) is 4.74 Å². The standard InChI is InChI=1S/C15H26N4O2S/c1-15(2,3)21-14(20)19-7-6-16-9-12(19)13-17-8-11(22-13)10-18(4)5/h8,12,16H,6-7,9-10H2,1-5H3. The van der Waals surface area contributed by atoms with Crippen molar-refractivity contribution in [1.29, 1.82) is 0 Å². The minimum Gasteiger partial charge on any atom is -0.444 e. The van der Waals surface area contributed by atoms with Gasteiger partial charge < -0.3 is 15.0 Å². The van der Waals surface area contributed by atoms with Crippen molar-refractivity contribution in [2.45, 2.75) is 39.0 Å². The molecule has 2 rings (SSSR count). The summed E-state index contributed by atoms with van der Waals surface area (Å²) in [5, 5.41) is 4.31. The Kier molecular flexibility index (Phi) is 5.41. The molecule has 2 heterocycles. The van der Waals surface area contributed by atoms with Gasteiger partial charge in [0, 0.05) is 37.3 Å². The van der Waals surface area contributed by atoms with Crippen LogP contribution in [0, 0.1) is 0 Å². The third-order valence-electron chi connectivity index (χ3n) is 3.20. The zero-order valence-electron chi connectivity index (χ0n) is 14.0. The highest BCUT2D eigenvalue weighted by molar-refractivity contribution is 7.11. The number of hydrogen-bond acceptors (Lipinski definition) is 6. The Morgan fingerprint density at radius 3 is 2.91 bits per heavy atom. The van der Waals surface area contributed by atoms with Crippen LogP contribution in [0.4, 0.5) is 4.79 Å². The summed E-state index contributed by atoms with van der Waals surface area (Å²) in [6.45, 7) is 8.67. The van der Waals surface area contributed by atoms with Crippen LogP contribution in [0.2, 0.25) is 0 Å². The molecule has 1 saturated heterocycles. The first-order valence-corrected chi connectivity index (χ1v) is 8.37. The Hall–Kier alpha value is -1.18. The van der Waals surface area contributed by atoms with Gasteiger partial charge in [-0.1, -0.05) is 0 Å². The second-order valence-electron chi connectivity index (χ2n) is 6.80. The van der Waals surface area contributed by atoms with Gasteiger partial charge in [-0.05, 0) is 34.9 Å². The highest BCUT2D eigenvalue weighted by Crippen LogP contribution is 2.28. The Bertz CT molecular complexity index is 510. The molecule has 22 heavy (non-hydrogen) atoms. The fraction of sp³-hybridized carbons (Fsp3) is 0.733. The fourth-order valence-corrected chi connectivity index (χ4v) is 3.47. The maximum atomic E-state index is 12.4. The molecule has 0 aliphatic carbocycles. The van der Waals surface area contributed by atoms with Gasteiger partial charge in [-0.3, -0.25) is 4.90 Å². The molecule has 0 saturated carbocycles. The second kappa shape index (κ2) is 6.93. The summed E-state index contributed by atoms with van der Waals surface area (Å²) in [6, 6.07) is -0.0514. The van der Waals surface area contributed by atoms with E-state index in [1.165, 1.54) is 4.88 Å². The summed E-state index contributed by atoms with van der Waals surface area (Å²) < 4.78 is 5.53. The molecule has 124 valence electrons. The largest absolute Gasteiger partial charge is 0.444 e.